The Labute approximate surface area is 157 Å². The number of halogens is 1. The molecular weight excluding hydrogens is 374 g/mol. The largest absolute Gasteiger partial charge is 0.438 e. The van der Waals surface area contributed by atoms with Gasteiger partial charge in [0.2, 0.25) is 5.88 Å². The Morgan fingerprint density at radius 2 is 1.65 bits per heavy atom. The Morgan fingerprint density at radius 1 is 0.962 bits per heavy atom. The lowest BCUT2D eigenvalue weighted by molar-refractivity contribution is 0.454. The standard InChI is InChI=1S/C18H16ClN3O3S/c1-13-7-12-18(21-20-13)25-15-10-8-14(9-11-15)22(2)26(23,24)17-6-4-3-5-16(17)19/h3-12H,1-2H3. The summed E-state index contributed by atoms with van der Waals surface area (Å²) < 4.78 is 32.3. The molecule has 0 amide bonds. The molecule has 0 fully saturated rings. The third kappa shape index (κ3) is 3.79. The van der Waals surface area contributed by atoms with Crippen molar-refractivity contribution in [3.05, 3.63) is 71.4 Å². The van der Waals surface area contributed by atoms with Crippen molar-refractivity contribution >= 4 is 27.3 Å². The van der Waals surface area contributed by atoms with Crippen LogP contribution in [0.3, 0.4) is 0 Å². The molecule has 0 aliphatic heterocycles. The van der Waals surface area contributed by atoms with E-state index in [0.29, 0.717) is 17.3 Å². The first-order chi connectivity index (χ1) is 12.4. The van der Waals surface area contributed by atoms with Gasteiger partial charge in [0.25, 0.3) is 10.0 Å². The van der Waals surface area contributed by atoms with E-state index in [-0.39, 0.29) is 9.92 Å². The van der Waals surface area contributed by atoms with Gasteiger partial charge in [-0.15, -0.1) is 5.10 Å². The quantitative estimate of drug-likeness (QED) is 0.658. The van der Waals surface area contributed by atoms with E-state index in [1.807, 2.05) is 6.92 Å². The van der Waals surface area contributed by atoms with Crippen molar-refractivity contribution in [2.75, 3.05) is 11.4 Å². The summed E-state index contributed by atoms with van der Waals surface area (Å²) in [6.07, 6.45) is 0. The number of ether oxygens (including phenoxy) is 1. The second-order valence-electron chi connectivity index (χ2n) is 5.51. The van der Waals surface area contributed by atoms with Gasteiger partial charge in [-0.05, 0) is 49.4 Å². The number of sulfonamides is 1. The molecule has 8 heteroatoms. The van der Waals surface area contributed by atoms with Gasteiger partial charge in [0.15, 0.2) is 0 Å². The number of rotatable bonds is 5. The molecule has 0 spiro atoms. The number of aryl methyl sites for hydroxylation is 1. The van der Waals surface area contributed by atoms with Crippen LogP contribution < -0.4 is 9.04 Å². The molecule has 134 valence electrons. The van der Waals surface area contributed by atoms with E-state index >= 15 is 0 Å². The SMILES string of the molecule is Cc1ccc(Oc2ccc(N(C)S(=O)(=O)c3ccccc3Cl)cc2)nn1. The highest BCUT2D eigenvalue weighted by atomic mass is 35.5. The third-order valence-electron chi connectivity index (χ3n) is 3.67. The molecule has 0 radical (unpaired) electrons. The van der Waals surface area contributed by atoms with Crippen LogP contribution in [0.2, 0.25) is 5.02 Å². The lowest BCUT2D eigenvalue weighted by Crippen LogP contribution is -2.26. The zero-order valence-corrected chi connectivity index (χ0v) is 15.7. The summed E-state index contributed by atoms with van der Waals surface area (Å²) in [5.41, 5.74) is 1.27. The summed E-state index contributed by atoms with van der Waals surface area (Å²) in [5, 5.41) is 8.02. The highest BCUT2D eigenvalue weighted by molar-refractivity contribution is 7.93. The molecule has 3 aromatic rings. The molecule has 6 nitrogen and oxygen atoms in total. The first-order valence-corrected chi connectivity index (χ1v) is 9.51. The van der Waals surface area contributed by atoms with Crippen LogP contribution in [-0.2, 0) is 10.0 Å². The minimum Gasteiger partial charge on any atom is -0.438 e. The van der Waals surface area contributed by atoms with Crippen molar-refractivity contribution in [2.45, 2.75) is 11.8 Å². The minimum atomic E-state index is -3.76. The highest BCUT2D eigenvalue weighted by Crippen LogP contribution is 2.29. The molecule has 2 aromatic carbocycles. The van der Waals surface area contributed by atoms with Crippen molar-refractivity contribution in [3.63, 3.8) is 0 Å². The van der Waals surface area contributed by atoms with E-state index < -0.39 is 10.0 Å². The van der Waals surface area contributed by atoms with Crippen molar-refractivity contribution in [2.24, 2.45) is 0 Å². The Morgan fingerprint density at radius 3 is 2.27 bits per heavy atom. The number of hydrogen-bond acceptors (Lipinski definition) is 5. The van der Waals surface area contributed by atoms with Gasteiger partial charge in [0, 0.05) is 13.1 Å². The number of anilines is 1. The smallest absolute Gasteiger partial charge is 0.265 e. The highest BCUT2D eigenvalue weighted by Gasteiger charge is 2.23. The summed E-state index contributed by atoms with van der Waals surface area (Å²) in [6.45, 7) is 1.83. The number of hydrogen-bond donors (Lipinski definition) is 0. The van der Waals surface area contributed by atoms with E-state index in [1.165, 1.54) is 17.4 Å². The zero-order valence-electron chi connectivity index (χ0n) is 14.1. The normalized spacial score (nSPS) is 11.2. The second kappa shape index (κ2) is 7.31. The van der Waals surface area contributed by atoms with Crippen LogP contribution in [0.1, 0.15) is 5.69 Å². The molecule has 0 bridgehead atoms. The molecule has 0 unspecified atom stereocenters. The monoisotopic (exact) mass is 389 g/mol. The molecule has 0 saturated heterocycles. The van der Waals surface area contributed by atoms with Gasteiger partial charge in [-0.2, -0.15) is 5.10 Å². The van der Waals surface area contributed by atoms with E-state index in [9.17, 15) is 8.42 Å². The number of nitrogens with zero attached hydrogens (tertiary/aromatic N) is 3. The fraction of sp³-hybridized carbons (Fsp3) is 0.111. The molecular formula is C18H16ClN3O3S. The van der Waals surface area contributed by atoms with Gasteiger partial charge in [-0.1, -0.05) is 23.7 Å². The summed E-state index contributed by atoms with van der Waals surface area (Å²) in [4.78, 5) is 0.0550. The molecule has 0 atom stereocenters. The van der Waals surface area contributed by atoms with Gasteiger partial charge in [-0.25, -0.2) is 8.42 Å². The summed E-state index contributed by atoms with van der Waals surface area (Å²) >= 11 is 6.03. The Hall–Kier alpha value is -2.64. The van der Waals surface area contributed by atoms with Crippen LogP contribution in [0.5, 0.6) is 11.6 Å². The number of aromatic nitrogens is 2. The Balaban J connectivity index is 1.81. The molecule has 3 rings (SSSR count). The van der Waals surface area contributed by atoms with Crippen LogP contribution in [0.25, 0.3) is 0 Å². The Kier molecular flexibility index (Phi) is 5.11. The van der Waals surface area contributed by atoms with Crippen molar-refractivity contribution < 1.29 is 13.2 Å². The first kappa shape index (κ1) is 18.2. The van der Waals surface area contributed by atoms with Crippen LogP contribution in [0, 0.1) is 6.92 Å². The lowest BCUT2D eigenvalue weighted by Gasteiger charge is -2.20. The molecule has 0 aliphatic rings. The summed E-state index contributed by atoms with van der Waals surface area (Å²) in [6, 6.07) is 16.4. The van der Waals surface area contributed by atoms with E-state index in [1.54, 1.807) is 54.6 Å². The fourth-order valence-corrected chi connectivity index (χ4v) is 3.91. The maximum Gasteiger partial charge on any atom is 0.265 e. The van der Waals surface area contributed by atoms with Gasteiger partial charge in [-0.3, -0.25) is 4.31 Å². The third-order valence-corrected chi connectivity index (χ3v) is 5.96. The van der Waals surface area contributed by atoms with E-state index in [2.05, 4.69) is 10.2 Å². The van der Waals surface area contributed by atoms with Gasteiger partial charge < -0.3 is 4.74 Å². The average molecular weight is 390 g/mol. The van der Waals surface area contributed by atoms with Crippen molar-refractivity contribution in [3.8, 4) is 11.6 Å². The summed E-state index contributed by atoms with van der Waals surface area (Å²) in [7, 11) is -2.29. The molecule has 0 saturated carbocycles. The zero-order chi connectivity index (χ0) is 18.7. The molecule has 1 aromatic heterocycles. The second-order valence-corrected chi connectivity index (χ2v) is 7.86. The maximum absolute atomic E-state index is 12.8. The predicted octanol–water partition coefficient (Wildman–Crippen LogP) is 4.06. The minimum absolute atomic E-state index is 0.0550. The van der Waals surface area contributed by atoms with Crippen LogP contribution >= 0.6 is 11.6 Å². The topological polar surface area (TPSA) is 72.4 Å². The number of benzene rings is 2. The van der Waals surface area contributed by atoms with Gasteiger partial charge in [0.05, 0.1) is 16.4 Å². The maximum atomic E-state index is 12.8. The predicted molar refractivity (Wildman–Crippen MR) is 100 cm³/mol. The van der Waals surface area contributed by atoms with E-state index in [0.717, 1.165) is 5.69 Å². The fourth-order valence-electron chi connectivity index (χ4n) is 2.23. The average Bonchev–Trinajstić information content (AvgIpc) is 2.64. The summed E-state index contributed by atoms with van der Waals surface area (Å²) in [5.74, 6) is 0.885. The molecule has 0 aliphatic carbocycles. The molecule has 1 heterocycles. The van der Waals surface area contributed by atoms with Crippen LogP contribution in [-0.4, -0.2) is 25.7 Å². The van der Waals surface area contributed by atoms with E-state index in [4.69, 9.17) is 16.3 Å². The van der Waals surface area contributed by atoms with Crippen LogP contribution in [0.4, 0.5) is 5.69 Å². The van der Waals surface area contributed by atoms with Crippen molar-refractivity contribution in [1.82, 2.24) is 10.2 Å². The van der Waals surface area contributed by atoms with Gasteiger partial charge in [0.1, 0.15) is 10.6 Å². The van der Waals surface area contributed by atoms with Gasteiger partial charge >= 0.3 is 0 Å². The lowest BCUT2D eigenvalue weighted by atomic mass is 10.3. The van der Waals surface area contributed by atoms with Crippen molar-refractivity contribution in [1.29, 1.82) is 0 Å². The Bertz CT molecular complexity index is 1010. The molecule has 26 heavy (non-hydrogen) atoms. The van der Waals surface area contributed by atoms with Crippen LogP contribution in [0.15, 0.2) is 65.6 Å². The molecule has 0 N–H and O–H groups in total. The first-order valence-electron chi connectivity index (χ1n) is 7.69.